The van der Waals surface area contributed by atoms with Crippen LogP contribution in [-0.4, -0.2) is 52.4 Å². The van der Waals surface area contributed by atoms with Crippen molar-refractivity contribution in [3.8, 4) is 0 Å². The number of carbonyl (C=O) groups is 2. The number of halogens is 1. The largest absolute Gasteiger partial charge is 0.339 e. The SMILES string of the molecule is CCc1c(C)c(C(=O)N2CCN(C(C)=O)CC2)n(Cc2ccccc2F)c1C. The van der Waals surface area contributed by atoms with E-state index >= 15 is 0 Å². The van der Waals surface area contributed by atoms with Gasteiger partial charge in [-0.1, -0.05) is 25.1 Å². The standard InChI is InChI=1S/C22H28FN3O2/c1-5-19-15(2)21(22(28)25-12-10-24(11-13-25)17(4)27)26(16(19)3)14-18-8-6-7-9-20(18)23/h6-9H,5,10-14H2,1-4H3. The maximum absolute atomic E-state index is 14.3. The number of aromatic nitrogens is 1. The van der Waals surface area contributed by atoms with Crippen LogP contribution in [0.15, 0.2) is 24.3 Å². The third-order valence-electron chi connectivity index (χ3n) is 5.77. The van der Waals surface area contributed by atoms with Gasteiger partial charge in [-0.15, -0.1) is 0 Å². The van der Waals surface area contributed by atoms with Crippen LogP contribution in [0.2, 0.25) is 0 Å². The van der Waals surface area contributed by atoms with Crippen molar-refractivity contribution in [3.05, 3.63) is 58.2 Å². The van der Waals surface area contributed by atoms with Gasteiger partial charge in [-0.3, -0.25) is 9.59 Å². The van der Waals surface area contributed by atoms with Crippen LogP contribution in [0, 0.1) is 19.7 Å². The Balaban J connectivity index is 1.95. The van der Waals surface area contributed by atoms with E-state index < -0.39 is 0 Å². The highest BCUT2D eigenvalue weighted by atomic mass is 19.1. The van der Waals surface area contributed by atoms with Crippen molar-refractivity contribution in [1.82, 2.24) is 14.4 Å². The van der Waals surface area contributed by atoms with Crippen LogP contribution in [0.25, 0.3) is 0 Å². The molecule has 1 aliphatic heterocycles. The average molecular weight is 385 g/mol. The van der Waals surface area contributed by atoms with E-state index in [1.54, 1.807) is 28.9 Å². The molecule has 0 spiro atoms. The molecule has 0 bridgehead atoms. The fourth-order valence-electron chi connectivity index (χ4n) is 4.11. The smallest absolute Gasteiger partial charge is 0.270 e. The summed E-state index contributed by atoms with van der Waals surface area (Å²) in [4.78, 5) is 28.5. The van der Waals surface area contributed by atoms with Crippen LogP contribution in [0.5, 0.6) is 0 Å². The first kappa shape index (κ1) is 20.1. The van der Waals surface area contributed by atoms with Gasteiger partial charge in [-0.25, -0.2) is 4.39 Å². The van der Waals surface area contributed by atoms with Gasteiger partial charge in [0.2, 0.25) is 5.91 Å². The molecule has 0 N–H and O–H groups in total. The molecule has 0 saturated carbocycles. The van der Waals surface area contributed by atoms with Gasteiger partial charge < -0.3 is 14.4 Å². The molecule has 1 fully saturated rings. The third-order valence-corrected chi connectivity index (χ3v) is 5.77. The van der Waals surface area contributed by atoms with Crippen LogP contribution in [-0.2, 0) is 17.8 Å². The minimum absolute atomic E-state index is 0.0373. The average Bonchev–Trinajstić information content (AvgIpc) is 2.92. The Morgan fingerprint density at radius 1 is 1.04 bits per heavy atom. The Bertz CT molecular complexity index is 895. The van der Waals surface area contributed by atoms with Crippen LogP contribution < -0.4 is 0 Å². The van der Waals surface area contributed by atoms with Crippen molar-refractivity contribution < 1.29 is 14.0 Å². The number of nitrogens with zero attached hydrogens (tertiary/aromatic N) is 3. The Morgan fingerprint density at radius 2 is 1.64 bits per heavy atom. The summed E-state index contributed by atoms with van der Waals surface area (Å²) >= 11 is 0. The molecule has 2 amide bonds. The van der Waals surface area contributed by atoms with E-state index in [2.05, 4.69) is 6.92 Å². The van der Waals surface area contributed by atoms with Crippen LogP contribution >= 0.6 is 0 Å². The number of hydrogen-bond donors (Lipinski definition) is 0. The van der Waals surface area contributed by atoms with Crippen molar-refractivity contribution in [2.45, 2.75) is 40.7 Å². The van der Waals surface area contributed by atoms with Crippen LogP contribution in [0.1, 0.15) is 46.7 Å². The summed E-state index contributed by atoms with van der Waals surface area (Å²) in [6, 6.07) is 6.69. The Morgan fingerprint density at radius 3 is 2.21 bits per heavy atom. The van der Waals surface area contributed by atoms with Gasteiger partial charge in [0.05, 0.1) is 6.54 Å². The van der Waals surface area contributed by atoms with Gasteiger partial charge in [0, 0.05) is 44.4 Å². The predicted octanol–water partition coefficient (Wildman–Crippen LogP) is 3.16. The molecular weight excluding hydrogens is 357 g/mol. The number of carbonyl (C=O) groups excluding carboxylic acids is 2. The Kier molecular flexibility index (Phi) is 5.87. The monoisotopic (exact) mass is 385 g/mol. The molecule has 3 rings (SSSR count). The highest BCUT2D eigenvalue weighted by Crippen LogP contribution is 2.26. The molecule has 6 heteroatoms. The first-order chi connectivity index (χ1) is 13.3. The molecule has 2 heterocycles. The van der Waals surface area contributed by atoms with E-state index in [1.165, 1.54) is 6.07 Å². The molecule has 2 aromatic rings. The van der Waals surface area contributed by atoms with Gasteiger partial charge in [-0.2, -0.15) is 0 Å². The molecule has 0 radical (unpaired) electrons. The summed E-state index contributed by atoms with van der Waals surface area (Å²) in [6.07, 6.45) is 0.820. The molecule has 1 aliphatic rings. The highest BCUT2D eigenvalue weighted by molar-refractivity contribution is 5.95. The quantitative estimate of drug-likeness (QED) is 0.812. The lowest BCUT2D eigenvalue weighted by Crippen LogP contribution is -2.50. The second kappa shape index (κ2) is 8.17. The maximum Gasteiger partial charge on any atom is 0.270 e. The van der Waals surface area contributed by atoms with Crippen molar-refractivity contribution in [1.29, 1.82) is 0 Å². The third kappa shape index (κ3) is 3.68. The molecule has 150 valence electrons. The molecule has 1 aromatic carbocycles. The van der Waals surface area contributed by atoms with Gasteiger partial charge in [-0.05, 0) is 37.5 Å². The maximum atomic E-state index is 14.3. The number of amides is 2. The predicted molar refractivity (Wildman–Crippen MR) is 107 cm³/mol. The van der Waals surface area contributed by atoms with E-state index in [0.29, 0.717) is 44.0 Å². The summed E-state index contributed by atoms with van der Waals surface area (Å²) in [5.41, 5.74) is 4.32. The molecule has 28 heavy (non-hydrogen) atoms. The molecule has 1 aromatic heterocycles. The summed E-state index contributed by atoms with van der Waals surface area (Å²) in [5, 5.41) is 0. The van der Waals surface area contributed by atoms with Crippen LogP contribution in [0.4, 0.5) is 4.39 Å². The summed E-state index contributed by atoms with van der Waals surface area (Å²) in [6.45, 7) is 10.1. The van der Waals surface area contributed by atoms with Gasteiger partial charge in [0.15, 0.2) is 0 Å². The van der Waals surface area contributed by atoms with Crippen molar-refractivity contribution >= 4 is 11.8 Å². The molecule has 0 atom stereocenters. The number of hydrogen-bond acceptors (Lipinski definition) is 2. The number of piperazine rings is 1. The second-order valence-electron chi connectivity index (χ2n) is 7.37. The molecule has 0 unspecified atom stereocenters. The zero-order chi connectivity index (χ0) is 20.4. The number of benzene rings is 1. The fraction of sp³-hybridized carbons (Fsp3) is 0.455. The summed E-state index contributed by atoms with van der Waals surface area (Å²) < 4.78 is 16.2. The number of rotatable bonds is 4. The minimum Gasteiger partial charge on any atom is -0.339 e. The lowest BCUT2D eigenvalue weighted by molar-refractivity contribution is -0.130. The topological polar surface area (TPSA) is 45.6 Å². The van der Waals surface area contributed by atoms with Gasteiger partial charge >= 0.3 is 0 Å². The first-order valence-corrected chi connectivity index (χ1v) is 9.81. The zero-order valence-corrected chi connectivity index (χ0v) is 17.1. The highest BCUT2D eigenvalue weighted by Gasteiger charge is 2.29. The van der Waals surface area contributed by atoms with E-state index in [1.807, 2.05) is 24.5 Å². The molecular formula is C22H28FN3O2. The van der Waals surface area contributed by atoms with Crippen LogP contribution in [0.3, 0.4) is 0 Å². The van der Waals surface area contributed by atoms with E-state index in [-0.39, 0.29) is 17.6 Å². The molecule has 0 aliphatic carbocycles. The Labute approximate surface area is 165 Å². The van der Waals surface area contributed by atoms with E-state index in [4.69, 9.17) is 0 Å². The van der Waals surface area contributed by atoms with Crippen molar-refractivity contribution in [3.63, 3.8) is 0 Å². The van der Waals surface area contributed by atoms with Gasteiger partial charge in [0.25, 0.3) is 5.91 Å². The Hall–Kier alpha value is -2.63. The molecule has 1 saturated heterocycles. The lowest BCUT2D eigenvalue weighted by Gasteiger charge is -2.34. The summed E-state index contributed by atoms with van der Waals surface area (Å²) in [5.74, 6) is -0.269. The molecule has 5 nitrogen and oxygen atoms in total. The minimum atomic E-state index is -0.264. The van der Waals surface area contributed by atoms with Gasteiger partial charge in [0.1, 0.15) is 11.5 Å². The normalized spacial score (nSPS) is 14.5. The first-order valence-electron chi connectivity index (χ1n) is 9.81. The van der Waals surface area contributed by atoms with E-state index in [0.717, 1.165) is 23.2 Å². The lowest BCUT2D eigenvalue weighted by atomic mass is 10.1. The van der Waals surface area contributed by atoms with E-state index in [9.17, 15) is 14.0 Å². The van der Waals surface area contributed by atoms with Crippen molar-refractivity contribution in [2.75, 3.05) is 26.2 Å². The van der Waals surface area contributed by atoms with Crippen molar-refractivity contribution in [2.24, 2.45) is 0 Å². The summed E-state index contributed by atoms with van der Waals surface area (Å²) in [7, 11) is 0. The second-order valence-corrected chi connectivity index (χ2v) is 7.37. The fourth-order valence-corrected chi connectivity index (χ4v) is 4.11. The zero-order valence-electron chi connectivity index (χ0n) is 17.1.